The minimum absolute atomic E-state index is 0.0296. The van der Waals surface area contributed by atoms with Crippen molar-refractivity contribution >= 4 is 5.91 Å². The number of carbonyl (C=O) groups is 1. The molecule has 1 aliphatic heterocycles. The first-order valence-electron chi connectivity index (χ1n) is 8.89. The number of nitrogens with zero attached hydrogens (tertiary/aromatic N) is 3. The number of hydrogen-bond acceptors (Lipinski definition) is 4. The highest BCUT2D eigenvalue weighted by molar-refractivity contribution is 5.93. The van der Waals surface area contributed by atoms with Gasteiger partial charge in [-0.1, -0.05) is 13.8 Å². The maximum absolute atomic E-state index is 12.8. The zero-order chi connectivity index (χ0) is 17.8. The Balaban J connectivity index is 1.68. The van der Waals surface area contributed by atoms with E-state index in [1.165, 1.54) is 0 Å². The van der Waals surface area contributed by atoms with E-state index in [1.807, 2.05) is 35.2 Å². The topological polar surface area (TPSA) is 61.5 Å². The normalized spacial score (nSPS) is 17.3. The van der Waals surface area contributed by atoms with Gasteiger partial charge in [-0.05, 0) is 49.8 Å². The van der Waals surface area contributed by atoms with Crippen molar-refractivity contribution in [2.75, 3.05) is 33.3 Å². The predicted molar refractivity (Wildman–Crippen MR) is 97.8 cm³/mol. The predicted octanol–water partition coefficient (Wildman–Crippen LogP) is 2.64. The van der Waals surface area contributed by atoms with E-state index in [1.54, 1.807) is 7.11 Å². The molecule has 134 valence electrons. The van der Waals surface area contributed by atoms with Gasteiger partial charge in [0.15, 0.2) is 0 Å². The summed E-state index contributed by atoms with van der Waals surface area (Å²) >= 11 is 0. The maximum Gasteiger partial charge on any atom is 0.271 e. The summed E-state index contributed by atoms with van der Waals surface area (Å²) in [5, 5.41) is 7.19. The van der Waals surface area contributed by atoms with Gasteiger partial charge >= 0.3 is 0 Å². The number of ether oxygens (including phenoxy) is 1. The lowest BCUT2D eigenvalue weighted by Crippen LogP contribution is -2.38. The van der Waals surface area contributed by atoms with Gasteiger partial charge in [-0.15, -0.1) is 0 Å². The molecule has 3 rings (SSSR count). The zero-order valence-electron chi connectivity index (χ0n) is 15.2. The van der Waals surface area contributed by atoms with E-state index >= 15 is 0 Å². The molecule has 0 aliphatic carbocycles. The maximum atomic E-state index is 12.8. The lowest BCUT2D eigenvalue weighted by atomic mass is 10.1. The fourth-order valence-corrected chi connectivity index (χ4v) is 3.48. The van der Waals surface area contributed by atoms with E-state index in [-0.39, 0.29) is 5.91 Å². The Labute approximate surface area is 148 Å². The van der Waals surface area contributed by atoms with Crippen molar-refractivity contribution in [1.29, 1.82) is 0 Å². The van der Waals surface area contributed by atoms with Gasteiger partial charge in [-0.25, -0.2) is 0 Å². The minimum Gasteiger partial charge on any atom is -0.497 e. The second kappa shape index (κ2) is 7.70. The third-order valence-electron chi connectivity index (χ3n) is 4.97. The Morgan fingerprint density at radius 2 is 2.04 bits per heavy atom. The average molecular weight is 342 g/mol. The van der Waals surface area contributed by atoms with Crippen LogP contribution in [0.4, 0.5) is 0 Å². The highest BCUT2D eigenvalue weighted by Crippen LogP contribution is 2.23. The molecule has 25 heavy (non-hydrogen) atoms. The molecule has 1 amide bonds. The third-order valence-corrected chi connectivity index (χ3v) is 4.97. The Hall–Kier alpha value is -2.34. The van der Waals surface area contributed by atoms with Gasteiger partial charge in [0, 0.05) is 24.7 Å². The summed E-state index contributed by atoms with van der Waals surface area (Å²) in [6.45, 7) is 7.98. The van der Waals surface area contributed by atoms with Gasteiger partial charge in [0.25, 0.3) is 5.91 Å². The quantitative estimate of drug-likeness (QED) is 0.877. The Bertz CT molecular complexity index is 706. The van der Waals surface area contributed by atoms with Crippen LogP contribution in [0.2, 0.25) is 0 Å². The number of likely N-dealkylation sites (N-methyl/N-ethyl adjacent to an activating group) is 1. The number of aromatic amines is 1. The molecule has 2 heterocycles. The average Bonchev–Trinajstić information content (AvgIpc) is 3.32. The summed E-state index contributed by atoms with van der Waals surface area (Å²) in [4.78, 5) is 17.1. The van der Waals surface area contributed by atoms with Crippen molar-refractivity contribution in [3.8, 4) is 17.0 Å². The number of likely N-dealkylation sites (tertiary alicyclic amines) is 1. The molecular weight excluding hydrogens is 316 g/mol. The Morgan fingerprint density at radius 3 is 2.68 bits per heavy atom. The van der Waals surface area contributed by atoms with Crippen LogP contribution >= 0.6 is 0 Å². The van der Waals surface area contributed by atoms with Crippen LogP contribution < -0.4 is 4.74 Å². The van der Waals surface area contributed by atoms with E-state index in [9.17, 15) is 4.79 Å². The van der Waals surface area contributed by atoms with E-state index in [2.05, 4.69) is 28.9 Å². The van der Waals surface area contributed by atoms with Gasteiger partial charge < -0.3 is 9.64 Å². The molecule has 1 aromatic heterocycles. The first kappa shape index (κ1) is 17.5. The molecule has 0 unspecified atom stereocenters. The summed E-state index contributed by atoms with van der Waals surface area (Å²) in [7, 11) is 1.64. The number of aromatic nitrogens is 2. The van der Waals surface area contributed by atoms with E-state index < -0.39 is 0 Å². The van der Waals surface area contributed by atoms with Gasteiger partial charge in [0.2, 0.25) is 0 Å². The third kappa shape index (κ3) is 3.69. The number of benzene rings is 1. The largest absolute Gasteiger partial charge is 0.497 e. The molecule has 0 spiro atoms. The molecule has 0 saturated carbocycles. The lowest BCUT2D eigenvalue weighted by molar-refractivity contribution is 0.0772. The highest BCUT2D eigenvalue weighted by atomic mass is 16.5. The molecule has 1 fully saturated rings. The van der Waals surface area contributed by atoms with E-state index in [0.717, 1.165) is 49.6 Å². The lowest BCUT2D eigenvalue weighted by Gasteiger charge is -2.25. The van der Waals surface area contributed by atoms with E-state index in [4.69, 9.17) is 4.74 Å². The molecule has 1 saturated heterocycles. The monoisotopic (exact) mass is 342 g/mol. The molecule has 1 aromatic carbocycles. The smallest absolute Gasteiger partial charge is 0.271 e. The number of nitrogens with one attached hydrogen (secondary N) is 1. The molecule has 6 heteroatoms. The molecule has 1 atom stereocenters. The van der Waals surface area contributed by atoms with Crippen LogP contribution in [0.15, 0.2) is 30.3 Å². The first-order chi connectivity index (χ1) is 12.2. The van der Waals surface area contributed by atoms with Gasteiger partial charge in [-0.3, -0.25) is 14.8 Å². The molecule has 1 aliphatic rings. The van der Waals surface area contributed by atoms with Crippen molar-refractivity contribution in [3.05, 3.63) is 36.0 Å². The van der Waals surface area contributed by atoms with Crippen molar-refractivity contribution in [1.82, 2.24) is 20.0 Å². The molecule has 0 radical (unpaired) electrons. The van der Waals surface area contributed by atoms with Crippen LogP contribution in [-0.4, -0.2) is 65.2 Å². The number of amides is 1. The summed E-state index contributed by atoms with van der Waals surface area (Å²) in [5.41, 5.74) is 2.27. The standard InChI is InChI=1S/C19H26N4O2/c1-4-22(5-2)15-10-11-23(13-15)19(24)18-12-17(20-21-18)14-6-8-16(25-3)9-7-14/h6-9,12,15H,4-5,10-11,13H2,1-3H3,(H,20,21)/t15-/m1/s1. The van der Waals surface area contributed by atoms with Crippen LogP contribution in [0.5, 0.6) is 5.75 Å². The van der Waals surface area contributed by atoms with Crippen LogP contribution in [0.3, 0.4) is 0 Å². The molecule has 6 nitrogen and oxygen atoms in total. The van der Waals surface area contributed by atoms with Crippen molar-refractivity contribution < 1.29 is 9.53 Å². The minimum atomic E-state index is 0.0296. The Kier molecular flexibility index (Phi) is 5.38. The summed E-state index contributed by atoms with van der Waals surface area (Å²) in [6.07, 6.45) is 1.03. The zero-order valence-corrected chi connectivity index (χ0v) is 15.2. The summed E-state index contributed by atoms with van der Waals surface area (Å²) in [5.74, 6) is 0.831. The van der Waals surface area contributed by atoms with Crippen LogP contribution in [-0.2, 0) is 0 Å². The molecule has 2 aromatic rings. The van der Waals surface area contributed by atoms with Gasteiger partial charge in [0.05, 0.1) is 12.8 Å². The fourth-order valence-electron chi connectivity index (χ4n) is 3.48. The fraction of sp³-hybridized carbons (Fsp3) is 0.474. The SMILES string of the molecule is CCN(CC)[C@@H]1CCN(C(=O)c2cc(-c3ccc(OC)cc3)n[nH]2)C1. The second-order valence-electron chi connectivity index (χ2n) is 6.31. The van der Waals surface area contributed by atoms with Crippen molar-refractivity contribution in [2.45, 2.75) is 26.3 Å². The number of hydrogen-bond donors (Lipinski definition) is 1. The van der Waals surface area contributed by atoms with Gasteiger partial charge in [0.1, 0.15) is 11.4 Å². The van der Waals surface area contributed by atoms with Crippen LogP contribution in [0.25, 0.3) is 11.3 Å². The van der Waals surface area contributed by atoms with E-state index in [0.29, 0.717) is 11.7 Å². The number of carbonyl (C=O) groups excluding carboxylic acids is 1. The van der Waals surface area contributed by atoms with Gasteiger partial charge in [-0.2, -0.15) is 5.10 Å². The Morgan fingerprint density at radius 1 is 1.32 bits per heavy atom. The first-order valence-corrected chi connectivity index (χ1v) is 8.89. The van der Waals surface area contributed by atoms with Crippen LogP contribution in [0.1, 0.15) is 30.8 Å². The van der Waals surface area contributed by atoms with Crippen LogP contribution in [0, 0.1) is 0 Å². The summed E-state index contributed by atoms with van der Waals surface area (Å²) in [6, 6.07) is 9.95. The second-order valence-corrected chi connectivity index (χ2v) is 6.31. The highest BCUT2D eigenvalue weighted by Gasteiger charge is 2.30. The molecule has 0 bridgehead atoms. The summed E-state index contributed by atoms with van der Waals surface area (Å²) < 4.78 is 5.17. The molecule has 1 N–H and O–H groups in total. The number of rotatable bonds is 6. The molecular formula is C19H26N4O2. The van der Waals surface area contributed by atoms with Crippen molar-refractivity contribution in [2.24, 2.45) is 0 Å². The number of H-pyrrole nitrogens is 1. The van der Waals surface area contributed by atoms with Crippen molar-refractivity contribution in [3.63, 3.8) is 0 Å². The number of methoxy groups -OCH3 is 1.